The van der Waals surface area contributed by atoms with Crippen molar-refractivity contribution >= 4 is 11.6 Å². The number of nitrogens with one attached hydrogen (secondary N) is 1. The van der Waals surface area contributed by atoms with E-state index < -0.39 is 0 Å². The highest BCUT2D eigenvalue weighted by atomic mass is 16.5. The number of benzene rings is 2. The molecule has 0 aromatic heterocycles. The van der Waals surface area contributed by atoms with Crippen LogP contribution in [-0.4, -0.2) is 18.2 Å². The van der Waals surface area contributed by atoms with Gasteiger partial charge in [-0.05, 0) is 61.1 Å². The van der Waals surface area contributed by atoms with Crippen molar-refractivity contribution in [2.45, 2.75) is 40.5 Å². The minimum absolute atomic E-state index is 0.0635. The number of aryl methyl sites for hydroxylation is 2. The molecule has 2 aromatic rings. The Morgan fingerprint density at radius 3 is 2.24 bits per heavy atom. The van der Waals surface area contributed by atoms with Crippen molar-refractivity contribution in [3.63, 3.8) is 0 Å². The summed E-state index contributed by atoms with van der Waals surface area (Å²) < 4.78 is 5.53. The number of hydrogen-bond donors (Lipinski definition) is 1. The number of carbonyl (C=O) groups excluding carboxylic acids is 1. The molecule has 4 nitrogen and oxygen atoms in total. The van der Waals surface area contributed by atoms with Crippen LogP contribution in [0.15, 0.2) is 47.6 Å². The molecule has 0 bridgehead atoms. The molecule has 1 amide bonds. The number of nitrogens with zero attached hydrogens (tertiary/aromatic N) is 1. The van der Waals surface area contributed by atoms with Crippen LogP contribution in [0.5, 0.6) is 5.75 Å². The molecule has 0 aliphatic carbocycles. The summed E-state index contributed by atoms with van der Waals surface area (Å²) in [6.07, 6.45) is 0. The van der Waals surface area contributed by atoms with Crippen LogP contribution in [0, 0.1) is 13.8 Å². The van der Waals surface area contributed by atoms with Gasteiger partial charge in [-0.25, -0.2) is 5.43 Å². The van der Waals surface area contributed by atoms with E-state index in [4.69, 9.17) is 4.74 Å². The summed E-state index contributed by atoms with van der Waals surface area (Å²) in [5.74, 6) is 0.906. The topological polar surface area (TPSA) is 50.7 Å². The molecular weight excluding hydrogens is 312 g/mol. The second-order valence-electron chi connectivity index (χ2n) is 6.62. The lowest BCUT2D eigenvalue weighted by Gasteiger charge is -2.08. The number of hydrazone groups is 1. The van der Waals surface area contributed by atoms with Gasteiger partial charge in [0.1, 0.15) is 5.75 Å². The molecule has 0 saturated heterocycles. The van der Waals surface area contributed by atoms with E-state index in [-0.39, 0.29) is 12.5 Å². The molecule has 0 radical (unpaired) electrons. The van der Waals surface area contributed by atoms with Gasteiger partial charge in [0.15, 0.2) is 6.61 Å². The van der Waals surface area contributed by atoms with Crippen molar-refractivity contribution in [3.05, 3.63) is 64.7 Å². The first-order valence-corrected chi connectivity index (χ1v) is 8.49. The van der Waals surface area contributed by atoms with Gasteiger partial charge in [0.2, 0.25) is 0 Å². The van der Waals surface area contributed by atoms with Crippen LogP contribution in [-0.2, 0) is 4.79 Å². The van der Waals surface area contributed by atoms with Gasteiger partial charge in [0.05, 0.1) is 5.71 Å². The highest BCUT2D eigenvalue weighted by Gasteiger charge is 2.05. The van der Waals surface area contributed by atoms with Crippen molar-refractivity contribution in [1.29, 1.82) is 0 Å². The minimum Gasteiger partial charge on any atom is -0.484 e. The quantitative estimate of drug-likeness (QED) is 0.629. The molecule has 0 aliphatic rings. The van der Waals surface area contributed by atoms with Gasteiger partial charge < -0.3 is 4.74 Å². The van der Waals surface area contributed by atoms with Gasteiger partial charge in [0.25, 0.3) is 5.91 Å². The first-order chi connectivity index (χ1) is 11.8. The predicted molar refractivity (Wildman–Crippen MR) is 102 cm³/mol. The fourth-order valence-corrected chi connectivity index (χ4v) is 2.52. The molecule has 0 aliphatic heterocycles. The molecule has 0 atom stereocenters. The predicted octanol–water partition coefficient (Wildman–Crippen LogP) is 4.35. The second-order valence-corrected chi connectivity index (χ2v) is 6.62. The molecule has 132 valence electrons. The highest BCUT2D eigenvalue weighted by Crippen LogP contribution is 2.16. The Hall–Kier alpha value is -2.62. The van der Waals surface area contributed by atoms with Crippen LogP contribution in [0.3, 0.4) is 0 Å². The summed E-state index contributed by atoms with van der Waals surface area (Å²) in [7, 11) is 0. The Bertz CT molecular complexity index is 742. The molecule has 25 heavy (non-hydrogen) atoms. The van der Waals surface area contributed by atoms with E-state index >= 15 is 0 Å². The van der Waals surface area contributed by atoms with E-state index in [0.29, 0.717) is 11.7 Å². The lowest BCUT2D eigenvalue weighted by atomic mass is 10.0. The van der Waals surface area contributed by atoms with Crippen molar-refractivity contribution in [1.82, 2.24) is 5.43 Å². The van der Waals surface area contributed by atoms with Crippen molar-refractivity contribution < 1.29 is 9.53 Å². The van der Waals surface area contributed by atoms with Crippen molar-refractivity contribution in [2.75, 3.05) is 6.61 Å². The lowest BCUT2D eigenvalue weighted by Crippen LogP contribution is -2.25. The number of hydrogen-bond acceptors (Lipinski definition) is 3. The van der Waals surface area contributed by atoms with Crippen LogP contribution in [0.25, 0.3) is 0 Å². The summed E-state index contributed by atoms with van der Waals surface area (Å²) in [6.45, 7) is 10.1. The van der Waals surface area contributed by atoms with Gasteiger partial charge in [-0.1, -0.05) is 44.2 Å². The van der Waals surface area contributed by atoms with Crippen LogP contribution < -0.4 is 10.2 Å². The van der Waals surface area contributed by atoms with Crippen LogP contribution in [0.1, 0.15) is 48.9 Å². The largest absolute Gasteiger partial charge is 0.484 e. The Labute approximate surface area is 149 Å². The van der Waals surface area contributed by atoms with Gasteiger partial charge in [-0.15, -0.1) is 0 Å². The van der Waals surface area contributed by atoms with Crippen LogP contribution >= 0.6 is 0 Å². The summed E-state index contributed by atoms with van der Waals surface area (Å²) in [6, 6.07) is 14.1. The molecule has 2 aromatic carbocycles. The molecular formula is C21H26N2O2. The normalized spacial score (nSPS) is 11.5. The smallest absolute Gasteiger partial charge is 0.277 e. The minimum atomic E-state index is -0.280. The average molecular weight is 338 g/mol. The standard InChI is InChI=1S/C21H26N2O2/c1-14(2)18-6-8-19(9-7-18)17(5)22-23-21(24)13-25-20-11-15(3)10-16(4)12-20/h6-12,14H,13H2,1-5H3,(H,23,24)/b22-17+. The number of amides is 1. The van der Waals surface area contributed by atoms with Gasteiger partial charge >= 0.3 is 0 Å². The summed E-state index contributed by atoms with van der Waals surface area (Å²) in [5.41, 5.74) is 7.78. The Kier molecular flexibility index (Phi) is 6.34. The summed E-state index contributed by atoms with van der Waals surface area (Å²) in [4.78, 5) is 11.9. The second kappa shape index (κ2) is 8.47. The van der Waals surface area contributed by atoms with Gasteiger partial charge in [-0.2, -0.15) is 5.10 Å². The Balaban J connectivity index is 1.90. The summed E-state index contributed by atoms with van der Waals surface area (Å²) >= 11 is 0. The maximum absolute atomic E-state index is 11.9. The first kappa shape index (κ1) is 18.7. The highest BCUT2D eigenvalue weighted by molar-refractivity contribution is 5.99. The molecule has 0 fully saturated rings. The van der Waals surface area contributed by atoms with Gasteiger partial charge in [-0.3, -0.25) is 4.79 Å². The van der Waals surface area contributed by atoms with Crippen molar-refractivity contribution in [3.8, 4) is 5.75 Å². The van der Waals surface area contributed by atoms with Crippen LogP contribution in [0.2, 0.25) is 0 Å². The molecule has 4 heteroatoms. The van der Waals surface area contributed by atoms with E-state index in [0.717, 1.165) is 22.4 Å². The lowest BCUT2D eigenvalue weighted by molar-refractivity contribution is -0.123. The molecule has 0 heterocycles. The maximum Gasteiger partial charge on any atom is 0.277 e. The SMILES string of the molecule is C/C(=N\NC(=O)COc1cc(C)cc(C)c1)c1ccc(C(C)C)cc1. The molecule has 1 N–H and O–H groups in total. The molecule has 0 unspecified atom stereocenters. The fourth-order valence-electron chi connectivity index (χ4n) is 2.52. The molecule has 0 saturated carbocycles. The third-order valence-electron chi connectivity index (χ3n) is 3.91. The zero-order valence-electron chi connectivity index (χ0n) is 15.6. The van der Waals surface area contributed by atoms with Gasteiger partial charge in [0, 0.05) is 0 Å². The third kappa shape index (κ3) is 5.75. The first-order valence-electron chi connectivity index (χ1n) is 8.49. The Morgan fingerprint density at radius 2 is 1.68 bits per heavy atom. The fraction of sp³-hybridized carbons (Fsp3) is 0.333. The van der Waals surface area contributed by atoms with E-state index in [1.807, 2.05) is 45.0 Å². The monoisotopic (exact) mass is 338 g/mol. The maximum atomic E-state index is 11.9. The zero-order valence-corrected chi connectivity index (χ0v) is 15.6. The number of carbonyl (C=O) groups is 1. The van der Waals surface area contributed by atoms with Crippen LogP contribution in [0.4, 0.5) is 0 Å². The molecule has 0 spiro atoms. The number of rotatable bonds is 6. The number of ether oxygens (including phenoxy) is 1. The molecule has 2 rings (SSSR count). The average Bonchev–Trinajstić information content (AvgIpc) is 2.57. The van der Waals surface area contributed by atoms with E-state index in [9.17, 15) is 4.79 Å². The van der Waals surface area contributed by atoms with E-state index in [1.165, 1.54) is 5.56 Å². The Morgan fingerprint density at radius 1 is 1.08 bits per heavy atom. The third-order valence-corrected chi connectivity index (χ3v) is 3.91. The zero-order chi connectivity index (χ0) is 18.4. The van der Waals surface area contributed by atoms with E-state index in [2.05, 4.69) is 42.6 Å². The van der Waals surface area contributed by atoms with Crippen molar-refractivity contribution in [2.24, 2.45) is 5.10 Å². The van der Waals surface area contributed by atoms with E-state index in [1.54, 1.807) is 0 Å². The summed E-state index contributed by atoms with van der Waals surface area (Å²) in [5, 5.41) is 4.15.